The zero-order valence-corrected chi connectivity index (χ0v) is 10.5. The lowest BCUT2D eigenvalue weighted by Gasteiger charge is -2.19. The molecule has 0 saturated heterocycles. The molecule has 2 rings (SSSR count). The van der Waals surface area contributed by atoms with E-state index >= 15 is 0 Å². The van der Waals surface area contributed by atoms with Crippen molar-refractivity contribution in [1.29, 1.82) is 0 Å². The van der Waals surface area contributed by atoms with Gasteiger partial charge < -0.3 is 5.11 Å². The third-order valence-corrected chi connectivity index (χ3v) is 3.77. The van der Waals surface area contributed by atoms with Gasteiger partial charge in [0.2, 0.25) is 0 Å². The van der Waals surface area contributed by atoms with Gasteiger partial charge >= 0.3 is 0 Å². The fourth-order valence-electron chi connectivity index (χ4n) is 2.99. The molecule has 3 atom stereocenters. The Morgan fingerprint density at radius 1 is 1.12 bits per heavy atom. The van der Waals surface area contributed by atoms with E-state index in [0.29, 0.717) is 5.92 Å². The molecule has 1 N–H and O–H groups in total. The summed E-state index contributed by atoms with van der Waals surface area (Å²) in [7, 11) is 0. The monoisotopic (exact) mass is 218 g/mol. The van der Waals surface area contributed by atoms with E-state index in [9.17, 15) is 5.11 Å². The van der Waals surface area contributed by atoms with Crippen LogP contribution in [0.15, 0.2) is 18.2 Å². The van der Waals surface area contributed by atoms with E-state index in [0.717, 1.165) is 11.5 Å². The third kappa shape index (κ3) is 2.46. The Kier molecular flexibility index (Phi) is 3.34. The van der Waals surface area contributed by atoms with Crippen molar-refractivity contribution in [2.24, 2.45) is 11.8 Å². The topological polar surface area (TPSA) is 20.2 Å². The van der Waals surface area contributed by atoms with Gasteiger partial charge in [-0.3, -0.25) is 0 Å². The molecular weight excluding hydrogens is 196 g/mol. The van der Waals surface area contributed by atoms with Gasteiger partial charge in [0, 0.05) is 0 Å². The predicted molar refractivity (Wildman–Crippen MR) is 67.4 cm³/mol. The molecule has 0 aromatic heterocycles. The van der Waals surface area contributed by atoms with Crippen LogP contribution >= 0.6 is 0 Å². The first kappa shape index (κ1) is 11.7. The van der Waals surface area contributed by atoms with Crippen LogP contribution in [0.4, 0.5) is 0 Å². The Bertz CT molecular complexity index is 349. The lowest BCUT2D eigenvalue weighted by atomic mass is 9.92. The molecule has 3 unspecified atom stereocenters. The van der Waals surface area contributed by atoms with E-state index in [2.05, 4.69) is 39.0 Å². The molecule has 1 heteroatoms. The maximum absolute atomic E-state index is 10.4. The summed E-state index contributed by atoms with van der Waals surface area (Å²) in [5, 5.41) is 10.4. The van der Waals surface area contributed by atoms with Crippen LogP contribution in [-0.2, 0) is 0 Å². The zero-order chi connectivity index (χ0) is 11.7. The normalized spacial score (nSPS) is 27.0. The Hall–Kier alpha value is -0.820. The summed E-state index contributed by atoms with van der Waals surface area (Å²) in [4.78, 5) is 0. The first-order valence-corrected chi connectivity index (χ1v) is 6.32. The molecule has 1 fully saturated rings. The number of aryl methyl sites for hydroxylation is 2. The molecule has 0 aliphatic heterocycles. The quantitative estimate of drug-likeness (QED) is 0.801. The molecule has 0 heterocycles. The van der Waals surface area contributed by atoms with Gasteiger partial charge in [0.05, 0.1) is 6.10 Å². The summed E-state index contributed by atoms with van der Waals surface area (Å²) in [6.07, 6.45) is 3.36. The molecule has 1 nitrogen and oxygen atoms in total. The van der Waals surface area contributed by atoms with Gasteiger partial charge in [0.15, 0.2) is 0 Å². The molecule has 0 spiro atoms. The molecule has 1 saturated carbocycles. The highest BCUT2D eigenvalue weighted by molar-refractivity contribution is 5.30. The second kappa shape index (κ2) is 4.58. The van der Waals surface area contributed by atoms with Crippen molar-refractivity contribution >= 4 is 0 Å². The highest BCUT2D eigenvalue weighted by Gasteiger charge is 2.28. The minimum absolute atomic E-state index is 0.261. The highest BCUT2D eigenvalue weighted by Crippen LogP contribution is 2.39. The molecular formula is C15H22O. The molecule has 1 aliphatic rings. The maximum atomic E-state index is 10.4. The Balaban J connectivity index is 2.17. The second-order valence-corrected chi connectivity index (χ2v) is 5.54. The summed E-state index contributed by atoms with van der Waals surface area (Å²) in [6, 6.07) is 6.41. The third-order valence-electron chi connectivity index (χ3n) is 3.77. The molecule has 16 heavy (non-hydrogen) atoms. The summed E-state index contributed by atoms with van der Waals surface area (Å²) >= 11 is 0. The van der Waals surface area contributed by atoms with Crippen molar-refractivity contribution < 1.29 is 5.11 Å². The smallest absolute Gasteiger partial charge is 0.0818 e. The van der Waals surface area contributed by atoms with Crippen LogP contribution in [0.25, 0.3) is 0 Å². The van der Waals surface area contributed by atoms with Crippen molar-refractivity contribution in [1.82, 2.24) is 0 Å². The molecule has 0 bridgehead atoms. The number of aliphatic hydroxyl groups excluding tert-OH is 1. The number of rotatable bonds is 2. The van der Waals surface area contributed by atoms with Crippen LogP contribution in [0.3, 0.4) is 0 Å². The van der Waals surface area contributed by atoms with Crippen LogP contribution in [0.5, 0.6) is 0 Å². The van der Waals surface area contributed by atoms with Crippen LogP contribution in [0.2, 0.25) is 0 Å². The van der Waals surface area contributed by atoms with E-state index in [1.165, 1.54) is 30.4 Å². The van der Waals surface area contributed by atoms with Crippen LogP contribution in [0.1, 0.15) is 49.0 Å². The fourth-order valence-corrected chi connectivity index (χ4v) is 2.99. The lowest BCUT2D eigenvalue weighted by Crippen LogP contribution is -2.09. The first-order chi connectivity index (χ1) is 7.56. The van der Waals surface area contributed by atoms with Crippen molar-refractivity contribution in [3.05, 3.63) is 34.9 Å². The second-order valence-electron chi connectivity index (χ2n) is 5.54. The maximum Gasteiger partial charge on any atom is 0.0818 e. The summed E-state index contributed by atoms with van der Waals surface area (Å²) in [6.45, 7) is 6.48. The van der Waals surface area contributed by atoms with Crippen molar-refractivity contribution in [3.63, 3.8) is 0 Å². The number of aliphatic hydroxyl groups is 1. The van der Waals surface area contributed by atoms with Crippen LogP contribution < -0.4 is 0 Å². The van der Waals surface area contributed by atoms with Gasteiger partial charge in [-0.1, -0.05) is 42.7 Å². The van der Waals surface area contributed by atoms with Crippen molar-refractivity contribution in [3.8, 4) is 0 Å². The van der Waals surface area contributed by atoms with E-state index in [1.54, 1.807) is 0 Å². The van der Waals surface area contributed by atoms with Gasteiger partial charge in [-0.2, -0.15) is 0 Å². The molecule has 1 aromatic rings. The fraction of sp³-hybridized carbons (Fsp3) is 0.600. The van der Waals surface area contributed by atoms with E-state index in [4.69, 9.17) is 0 Å². The molecule has 88 valence electrons. The predicted octanol–water partition coefficient (Wildman–Crippen LogP) is 3.77. The minimum atomic E-state index is -0.261. The van der Waals surface area contributed by atoms with Gasteiger partial charge in [-0.25, -0.2) is 0 Å². The Morgan fingerprint density at radius 2 is 1.75 bits per heavy atom. The Morgan fingerprint density at radius 3 is 2.25 bits per heavy atom. The van der Waals surface area contributed by atoms with E-state index in [-0.39, 0.29) is 6.10 Å². The standard InChI is InChI=1S/C15H22O/c1-10-4-5-13(7-10)15(16)14-8-11(2)6-12(3)9-14/h6,8-10,13,15-16H,4-5,7H2,1-3H3. The van der Waals surface area contributed by atoms with Gasteiger partial charge in [0.1, 0.15) is 0 Å². The summed E-state index contributed by atoms with van der Waals surface area (Å²) in [5.41, 5.74) is 3.61. The van der Waals surface area contributed by atoms with Gasteiger partial charge in [0.25, 0.3) is 0 Å². The molecule has 1 aliphatic carbocycles. The summed E-state index contributed by atoms with van der Waals surface area (Å²) in [5.74, 6) is 1.25. The van der Waals surface area contributed by atoms with Crippen LogP contribution in [0, 0.1) is 25.7 Å². The molecule has 1 aromatic carbocycles. The van der Waals surface area contributed by atoms with Gasteiger partial charge in [-0.15, -0.1) is 0 Å². The number of hydrogen-bond donors (Lipinski definition) is 1. The Labute approximate surface area is 98.5 Å². The average molecular weight is 218 g/mol. The minimum Gasteiger partial charge on any atom is -0.388 e. The molecule has 0 radical (unpaired) electrons. The number of hydrogen-bond acceptors (Lipinski definition) is 1. The number of benzene rings is 1. The van der Waals surface area contributed by atoms with E-state index in [1.807, 2.05) is 0 Å². The van der Waals surface area contributed by atoms with E-state index < -0.39 is 0 Å². The lowest BCUT2D eigenvalue weighted by molar-refractivity contribution is 0.109. The summed E-state index contributed by atoms with van der Waals surface area (Å²) < 4.78 is 0. The van der Waals surface area contributed by atoms with Crippen molar-refractivity contribution in [2.75, 3.05) is 0 Å². The van der Waals surface area contributed by atoms with Crippen molar-refractivity contribution in [2.45, 2.75) is 46.1 Å². The zero-order valence-electron chi connectivity index (χ0n) is 10.5. The van der Waals surface area contributed by atoms with Gasteiger partial charge in [-0.05, 0) is 44.1 Å². The largest absolute Gasteiger partial charge is 0.388 e. The highest BCUT2D eigenvalue weighted by atomic mass is 16.3. The first-order valence-electron chi connectivity index (χ1n) is 6.32. The molecule has 0 amide bonds. The average Bonchev–Trinajstić information content (AvgIpc) is 2.62. The SMILES string of the molecule is Cc1cc(C)cc(C(O)C2CCC(C)C2)c1. The van der Waals surface area contributed by atoms with Crippen LogP contribution in [-0.4, -0.2) is 5.11 Å².